The van der Waals surface area contributed by atoms with Crippen LogP contribution in [0.15, 0.2) is 18.3 Å². The fourth-order valence-corrected chi connectivity index (χ4v) is 2.52. The number of fused-ring (bicyclic) bond motifs is 1. The second-order valence-electron chi connectivity index (χ2n) is 5.94. The minimum absolute atomic E-state index is 0.0886. The van der Waals surface area contributed by atoms with Gasteiger partial charge in [0.05, 0.1) is 11.9 Å². The summed E-state index contributed by atoms with van der Waals surface area (Å²) in [6, 6.07) is 0.673. The first-order chi connectivity index (χ1) is 12.1. The van der Waals surface area contributed by atoms with Crippen LogP contribution in [0, 0.1) is 12.7 Å². The highest BCUT2D eigenvalue weighted by Gasteiger charge is 2.37. The summed E-state index contributed by atoms with van der Waals surface area (Å²) in [7, 11) is 1.74. The van der Waals surface area contributed by atoms with Crippen LogP contribution in [0.1, 0.15) is 23.2 Å². The molecule has 0 aliphatic carbocycles. The van der Waals surface area contributed by atoms with Crippen LogP contribution in [0.4, 0.5) is 17.6 Å². The van der Waals surface area contributed by atoms with Crippen molar-refractivity contribution in [3.63, 3.8) is 0 Å². The quantitative estimate of drug-likeness (QED) is 0.697. The van der Waals surface area contributed by atoms with Crippen molar-refractivity contribution in [2.75, 3.05) is 0 Å². The summed E-state index contributed by atoms with van der Waals surface area (Å²) in [5, 5.41) is 7.95. The van der Waals surface area contributed by atoms with Gasteiger partial charge in [-0.25, -0.2) is 9.37 Å². The molecule has 0 saturated carbocycles. The van der Waals surface area contributed by atoms with Gasteiger partial charge in [0.1, 0.15) is 23.1 Å². The van der Waals surface area contributed by atoms with E-state index in [1.165, 1.54) is 12.1 Å². The summed E-state index contributed by atoms with van der Waals surface area (Å²) in [5.74, 6) is -1.02. The van der Waals surface area contributed by atoms with Gasteiger partial charge in [-0.1, -0.05) is 0 Å². The number of hydrogen-bond donors (Lipinski definition) is 2. The van der Waals surface area contributed by atoms with E-state index in [0.717, 1.165) is 6.92 Å². The van der Waals surface area contributed by atoms with Gasteiger partial charge < -0.3 is 9.88 Å². The summed E-state index contributed by atoms with van der Waals surface area (Å²) in [5.41, 5.74) is 0.658. The molecule has 0 radical (unpaired) electrons. The van der Waals surface area contributed by atoms with E-state index in [9.17, 15) is 22.4 Å². The van der Waals surface area contributed by atoms with Gasteiger partial charge in [-0.2, -0.15) is 18.3 Å². The molecule has 10 heteroatoms. The molecule has 138 valence electrons. The maximum atomic E-state index is 14.4. The van der Waals surface area contributed by atoms with Crippen molar-refractivity contribution in [1.29, 1.82) is 0 Å². The number of amides is 1. The zero-order valence-corrected chi connectivity index (χ0v) is 14.1. The molecule has 1 amide bonds. The lowest BCUT2D eigenvalue weighted by molar-refractivity contribution is -0.149. The van der Waals surface area contributed by atoms with Gasteiger partial charge in [0.15, 0.2) is 5.82 Å². The van der Waals surface area contributed by atoms with E-state index in [2.05, 4.69) is 15.2 Å². The first-order valence-electron chi connectivity index (χ1n) is 7.63. The van der Waals surface area contributed by atoms with Crippen molar-refractivity contribution in [2.45, 2.75) is 26.1 Å². The first-order valence-corrected chi connectivity index (χ1v) is 7.63. The van der Waals surface area contributed by atoms with Crippen LogP contribution in [0.3, 0.4) is 0 Å². The topological polar surface area (TPSA) is 75.6 Å². The average Bonchev–Trinajstić information content (AvgIpc) is 3.11. The molecule has 2 aromatic heterocycles. The molecule has 0 aliphatic rings. The van der Waals surface area contributed by atoms with Crippen LogP contribution in [0.5, 0.6) is 0 Å². The molecular weight excluding hydrogens is 354 g/mol. The third-order valence-corrected chi connectivity index (χ3v) is 4.19. The number of halogens is 4. The van der Waals surface area contributed by atoms with Crippen molar-refractivity contribution in [3.05, 3.63) is 35.7 Å². The van der Waals surface area contributed by atoms with E-state index in [-0.39, 0.29) is 16.6 Å². The number of nitrogens with zero attached hydrogens (tertiary/aromatic N) is 3. The zero-order chi connectivity index (χ0) is 19.2. The van der Waals surface area contributed by atoms with Crippen molar-refractivity contribution in [3.8, 4) is 11.3 Å². The van der Waals surface area contributed by atoms with Crippen molar-refractivity contribution in [2.24, 2.45) is 7.05 Å². The van der Waals surface area contributed by atoms with Gasteiger partial charge in [0.25, 0.3) is 5.91 Å². The van der Waals surface area contributed by atoms with Gasteiger partial charge in [0, 0.05) is 18.0 Å². The van der Waals surface area contributed by atoms with Gasteiger partial charge in [0.2, 0.25) is 0 Å². The minimum atomic E-state index is -4.59. The Morgan fingerprint density at radius 1 is 1.35 bits per heavy atom. The predicted octanol–water partition coefficient (Wildman–Crippen LogP) is 3.09. The standard InChI is InChI=1S/C16H15F4N5O/c1-7(16(18,19)20)22-15(26)14-10-4-9(5-11(17)13(10)23-24-14)12-6-21-8(2)25(12)3/h4-7H,1-3H3,(H,22,26)(H,23,24). The largest absolute Gasteiger partial charge is 0.408 e. The Kier molecular flexibility index (Phi) is 4.21. The lowest BCUT2D eigenvalue weighted by Crippen LogP contribution is -2.43. The monoisotopic (exact) mass is 369 g/mol. The van der Waals surface area contributed by atoms with Crippen LogP contribution in [-0.4, -0.2) is 37.9 Å². The van der Waals surface area contributed by atoms with Crippen LogP contribution >= 0.6 is 0 Å². The Morgan fingerprint density at radius 3 is 2.62 bits per heavy atom. The number of aryl methyl sites for hydroxylation is 1. The van der Waals surface area contributed by atoms with Gasteiger partial charge in [-0.3, -0.25) is 9.89 Å². The number of carbonyl (C=O) groups is 1. The molecule has 0 saturated heterocycles. The van der Waals surface area contributed by atoms with Gasteiger partial charge in [-0.15, -0.1) is 0 Å². The second-order valence-corrected chi connectivity index (χ2v) is 5.94. The van der Waals surface area contributed by atoms with E-state index in [1.807, 2.05) is 5.32 Å². The molecule has 6 nitrogen and oxygen atoms in total. The summed E-state index contributed by atoms with van der Waals surface area (Å²) >= 11 is 0. The van der Waals surface area contributed by atoms with Gasteiger partial charge >= 0.3 is 6.18 Å². The van der Waals surface area contributed by atoms with E-state index in [4.69, 9.17) is 0 Å². The van der Waals surface area contributed by atoms with Crippen molar-refractivity contribution < 1.29 is 22.4 Å². The van der Waals surface area contributed by atoms with E-state index in [0.29, 0.717) is 17.1 Å². The number of benzene rings is 1. The Labute approximate surface area is 145 Å². The van der Waals surface area contributed by atoms with E-state index < -0.39 is 23.9 Å². The average molecular weight is 369 g/mol. The lowest BCUT2D eigenvalue weighted by atomic mass is 10.1. The predicted molar refractivity (Wildman–Crippen MR) is 86.0 cm³/mol. The number of aromatic amines is 1. The van der Waals surface area contributed by atoms with Crippen molar-refractivity contribution in [1.82, 2.24) is 25.1 Å². The Balaban J connectivity index is 2.06. The van der Waals surface area contributed by atoms with Crippen molar-refractivity contribution >= 4 is 16.8 Å². The smallest absolute Gasteiger partial charge is 0.339 e. The maximum absolute atomic E-state index is 14.4. The Hall–Kier alpha value is -2.91. The normalized spacial score (nSPS) is 13.2. The molecule has 26 heavy (non-hydrogen) atoms. The highest BCUT2D eigenvalue weighted by Crippen LogP contribution is 2.28. The molecule has 2 heterocycles. The maximum Gasteiger partial charge on any atom is 0.408 e. The SMILES string of the molecule is Cc1ncc(-c2cc(F)c3n[nH]c(C(=O)NC(C)C(F)(F)F)c3c2)n1C. The summed E-state index contributed by atoms with van der Waals surface area (Å²) < 4.78 is 54.1. The molecule has 3 rings (SSSR count). The third kappa shape index (κ3) is 3.02. The highest BCUT2D eigenvalue weighted by molar-refractivity contribution is 6.05. The van der Waals surface area contributed by atoms with Crippen LogP contribution in [0.2, 0.25) is 0 Å². The molecule has 1 unspecified atom stereocenters. The fourth-order valence-electron chi connectivity index (χ4n) is 2.52. The molecule has 0 spiro atoms. The number of imidazole rings is 1. The number of rotatable bonds is 3. The zero-order valence-electron chi connectivity index (χ0n) is 14.1. The molecule has 3 aromatic rings. The number of H-pyrrole nitrogens is 1. The fraction of sp³-hybridized carbons (Fsp3) is 0.312. The van der Waals surface area contributed by atoms with E-state index in [1.54, 1.807) is 24.7 Å². The van der Waals surface area contributed by atoms with Crippen LogP contribution < -0.4 is 5.32 Å². The Bertz CT molecular complexity index is 989. The van der Waals surface area contributed by atoms with E-state index >= 15 is 0 Å². The molecule has 1 atom stereocenters. The first kappa shape index (κ1) is 17.9. The molecular formula is C16H15F4N5O. The van der Waals surface area contributed by atoms with Gasteiger partial charge in [-0.05, 0) is 26.0 Å². The summed E-state index contributed by atoms with van der Waals surface area (Å²) in [6.07, 6.45) is -3.05. The minimum Gasteiger partial charge on any atom is -0.339 e. The number of aromatic nitrogens is 4. The second kappa shape index (κ2) is 6.11. The number of alkyl halides is 3. The lowest BCUT2D eigenvalue weighted by Gasteiger charge is -2.16. The van der Waals surface area contributed by atoms with Crippen LogP contribution in [0.25, 0.3) is 22.2 Å². The molecule has 0 aliphatic heterocycles. The molecule has 2 N–H and O–H groups in total. The summed E-state index contributed by atoms with van der Waals surface area (Å²) in [6.45, 7) is 2.59. The Morgan fingerprint density at radius 2 is 2.04 bits per heavy atom. The molecule has 0 fully saturated rings. The number of hydrogen-bond acceptors (Lipinski definition) is 3. The highest BCUT2D eigenvalue weighted by atomic mass is 19.4. The third-order valence-electron chi connectivity index (χ3n) is 4.19. The number of carbonyl (C=O) groups excluding carboxylic acids is 1. The summed E-state index contributed by atoms with van der Waals surface area (Å²) in [4.78, 5) is 16.3. The number of nitrogens with one attached hydrogen (secondary N) is 2. The van der Waals surface area contributed by atoms with Crippen LogP contribution in [-0.2, 0) is 7.05 Å². The molecule has 1 aromatic carbocycles. The molecule has 0 bridgehead atoms.